The van der Waals surface area contributed by atoms with Gasteiger partial charge in [0, 0.05) is 73.9 Å². The Morgan fingerprint density at radius 3 is 0.844 bits per heavy atom. The fourth-order valence-electron chi connectivity index (χ4n) is 10.3. The van der Waals surface area contributed by atoms with E-state index in [1.54, 1.807) is 0 Å². The molecule has 5 nitrogen and oxygen atoms in total. The van der Waals surface area contributed by atoms with Gasteiger partial charge in [-0.25, -0.2) is 0 Å². The number of hydrogen-bond acceptors (Lipinski definition) is 5. The number of anilines is 12. The molecule has 1 aliphatic rings. The number of hydrogen-bond donors (Lipinski definition) is 1. The van der Waals surface area contributed by atoms with Crippen molar-refractivity contribution in [2.45, 2.75) is 12.5 Å². The van der Waals surface area contributed by atoms with Crippen molar-refractivity contribution in [3.8, 4) is 22.3 Å². The molecule has 11 aromatic carbocycles. The van der Waals surface area contributed by atoms with Crippen LogP contribution >= 0.6 is 0 Å². The molecule has 0 bridgehead atoms. The summed E-state index contributed by atoms with van der Waals surface area (Å²) in [7, 11) is 0. The summed E-state index contributed by atoms with van der Waals surface area (Å²) in [6, 6.07) is 108. The van der Waals surface area contributed by atoms with Gasteiger partial charge >= 0.3 is 0 Å². The van der Waals surface area contributed by atoms with E-state index in [-0.39, 0.29) is 6.04 Å². The van der Waals surface area contributed by atoms with Gasteiger partial charge in [0.15, 0.2) is 0 Å². The van der Waals surface area contributed by atoms with E-state index in [1.165, 1.54) is 16.8 Å². The fourth-order valence-corrected chi connectivity index (χ4v) is 10.3. The van der Waals surface area contributed by atoms with Gasteiger partial charge in [0.05, 0.1) is 6.04 Å². The van der Waals surface area contributed by atoms with Crippen molar-refractivity contribution in [3.63, 3.8) is 0 Å². The monoisotopic (exact) mass is 991 g/mol. The molecule has 0 spiro atoms. The van der Waals surface area contributed by atoms with E-state index in [9.17, 15) is 0 Å². The van der Waals surface area contributed by atoms with Crippen molar-refractivity contribution < 1.29 is 0 Å². The average Bonchev–Trinajstić information content (AvgIpc) is 3.51. The Bertz CT molecular complexity index is 3610. The predicted molar refractivity (Wildman–Crippen MR) is 326 cm³/mol. The molecular weight excluding hydrogens is 935 g/mol. The first-order chi connectivity index (χ1) is 38.2. The molecule has 1 aliphatic carbocycles. The maximum absolute atomic E-state index is 3.63. The summed E-state index contributed by atoms with van der Waals surface area (Å²) in [5.41, 5.74) is 19.1. The zero-order valence-electron chi connectivity index (χ0n) is 42.7. The smallest absolute Gasteiger partial charge is 0.0561 e. The maximum atomic E-state index is 3.63. The van der Waals surface area contributed by atoms with Crippen LogP contribution in [0.4, 0.5) is 68.2 Å². The standard InChI is InChI=1S/C72H57N5/c1-7-19-61(20-8-1)74(62-21-9-2-10-22-62)69-47-51-71(52-48-69)76(65-27-15-5-16-28-65)67-43-35-57(36-44-67)55-31-39-59(40-32-55)73-60-41-33-56(34-42-60)58-37-45-68(46-38-58)77(66-29-17-6-18-30-66)72-53-49-70(50-54-72)75(63-23-11-3-12-24-63)64-25-13-4-14-26-64/h1-53,72-73H,54H2. The van der Waals surface area contributed by atoms with E-state index in [4.69, 9.17) is 0 Å². The Kier molecular flexibility index (Phi) is 14.0. The Labute approximate surface area is 452 Å². The van der Waals surface area contributed by atoms with Crippen molar-refractivity contribution in [3.05, 3.63) is 327 Å². The number of nitrogens with one attached hydrogen (secondary N) is 1. The van der Waals surface area contributed by atoms with Gasteiger partial charge < -0.3 is 24.9 Å². The summed E-state index contributed by atoms with van der Waals surface area (Å²) in [6.45, 7) is 0. The lowest BCUT2D eigenvalue weighted by Crippen LogP contribution is -2.31. The molecule has 0 heterocycles. The summed E-state index contributed by atoms with van der Waals surface area (Å²) < 4.78 is 0. The van der Waals surface area contributed by atoms with Crippen LogP contribution in [-0.4, -0.2) is 6.04 Å². The molecule has 1 atom stereocenters. The molecule has 0 radical (unpaired) electrons. The zero-order valence-corrected chi connectivity index (χ0v) is 42.7. The van der Waals surface area contributed by atoms with Crippen LogP contribution in [0, 0.1) is 0 Å². The second-order valence-electron chi connectivity index (χ2n) is 19.1. The van der Waals surface area contributed by atoms with Crippen molar-refractivity contribution >= 4 is 68.2 Å². The van der Waals surface area contributed by atoms with Gasteiger partial charge in [-0.15, -0.1) is 0 Å². The first-order valence-electron chi connectivity index (χ1n) is 26.3. The molecule has 0 aliphatic heterocycles. The van der Waals surface area contributed by atoms with Crippen LogP contribution in [0.2, 0.25) is 0 Å². The van der Waals surface area contributed by atoms with Crippen LogP contribution in [0.3, 0.4) is 0 Å². The summed E-state index contributed by atoms with van der Waals surface area (Å²) >= 11 is 0. The van der Waals surface area contributed by atoms with Crippen LogP contribution in [-0.2, 0) is 0 Å². The van der Waals surface area contributed by atoms with Crippen molar-refractivity contribution in [1.29, 1.82) is 0 Å². The molecule has 77 heavy (non-hydrogen) atoms. The highest BCUT2D eigenvalue weighted by atomic mass is 15.2. The third-order valence-electron chi connectivity index (χ3n) is 14.1. The minimum Gasteiger partial charge on any atom is -0.356 e. The highest BCUT2D eigenvalue weighted by molar-refractivity contribution is 5.83. The first kappa shape index (κ1) is 47.9. The van der Waals surface area contributed by atoms with Crippen molar-refractivity contribution in [2.75, 3.05) is 24.9 Å². The molecule has 0 aromatic heterocycles. The Morgan fingerprint density at radius 2 is 0.519 bits per heavy atom. The number of allylic oxidation sites excluding steroid dienone is 1. The normalized spacial score (nSPS) is 12.8. The highest BCUT2D eigenvalue weighted by Gasteiger charge is 2.23. The Morgan fingerprint density at radius 1 is 0.260 bits per heavy atom. The largest absolute Gasteiger partial charge is 0.356 e. The number of rotatable bonds is 16. The zero-order chi connectivity index (χ0) is 51.6. The molecule has 12 rings (SSSR count). The second-order valence-corrected chi connectivity index (χ2v) is 19.1. The van der Waals surface area contributed by atoms with Gasteiger partial charge in [-0.1, -0.05) is 170 Å². The average molecular weight is 992 g/mol. The van der Waals surface area contributed by atoms with E-state index >= 15 is 0 Å². The van der Waals surface area contributed by atoms with Crippen LogP contribution in [0.15, 0.2) is 327 Å². The third kappa shape index (κ3) is 10.8. The summed E-state index contributed by atoms with van der Waals surface area (Å²) in [4.78, 5) is 9.38. The van der Waals surface area contributed by atoms with Crippen LogP contribution in [0.5, 0.6) is 0 Å². The predicted octanol–water partition coefficient (Wildman–Crippen LogP) is 19.9. The topological polar surface area (TPSA) is 25.0 Å². The lowest BCUT2D eigenvalue weighted by molar-refractivity contribution is 0.777. The van der Waals surface area contributed by atoms with E-state index in [2.05, 4.69) is 346 Å². The van der Waals surface area contributed by atoms with Gasteiger partial charge in [0.25, 0.3) is 0 Å². The third-order valence-corrected chi connectivity index (χ3v) is 14.1. The van der Waals surface area contributed by atoms with Crippen molar-refractivity contribution in [1.82, 2.24) is 0 Å². The highest BCUT2D eigenvalue weighted by Crippen LogP contribution is 2.41. The number of benzene rings is 11. The van der Waals surface area contributed by atoms with E-state index < -0.39 is 0 Å². The number of nitrogens with zero attached hydrogens (tertiary/aromatic N) is 4. The van der Waals surface area contributed by atoms with Crippen molar-refractivity contribution in [2.24, 2.45) is 0 Å². The summed E-state index contributed by atoms with van der Waals surface area (Å²) in [5.74, 6) is 0. The van der Waals surface area contributed by atoms with Gasteiger partial charge in [0.1, 0.15) is 0 Å². The molecular formula is C72H57N5. The SMILES string of the molecule is C1=CC(N(c2ccccc2)c2ccc(-c3ccc(Nc4ccc(-c5ccc(N(c6ccccc6)c6ccc(N(c7ccccc7)c7ccccc7)cc6)cc5)cc4)cc3)cc2)CC=C1N(c1ccccc1)c1ccccc1. The lowest BCUT2D eigenvalue weighted by atomic mass is 10.0. The van der Waals surface area contributed by atoms with Gasteiger partial charge in [0.2, 0.25) is 0 Å². The molecule has 0 saturated carbocycles. The molecule has 11 aromatic rings. The van der Waals surface area contributed by atoms with Gasteiger partial charge in [-0.3, -0.25) is 0 Å². The van der Waals surface area contributed by atoms with E-state index in [0.29, 0.717) is 0 Å². The first-order valence-corrected chi connectivity index (χ1v) is 26.3. The van der Waals surface area contributed by atoms with Crippen LogP contribution < -0.4 is 24.9 Å². The molecule has 0 amide bonds. The maximum Gasteiger partial charge on any atom is 0.0561 e. The minimum atomic E-state index is 0.144. The fraction of sp³-hybridized carbons (Fsp3) is 0.0278. The van der Waals surface area contributed by atoms with Crippen LogP contribution in [0.25, 0.3) is 22.3 Å². The summed E-state index contributed by atoms with van der Waals surface area (Å²) in [5, 5.41) is 3.63. The van der Waals surface area contributed by atoms with E-state index in [0.717, 1.165) is 85.8 Å². The second kappa shape index (κ2) is 22.6. The van der Waals surface area contributed by atoms with E-state index in [1.807, 2.05) is 0 Å². The van der Waals surface area contributed by atoms with Crippen LogP contribution in [0.1, 0.15) is 6.42 Å². The number of para-hydroxylation sites is 6. The quantitative estimate of drug-likeness (QED) is 0.104. The molecule has 1 unspecified atom stereocenters. The van der Waals surface area contributed by atoms with Gasteiger partial charge in [-0.05, 0) is 180 Å². The molecule has 0 fully saturated rings. The summed E-state index contributed by atoms with van der Waals surface area (Å²) in [6.07, 6.45) is 7.85. The Hall–Kier alpha value is -10.1. The van der Waals surface area contributed by atoms with Gasteiger partial charge in [-0.2, -0.15) is 0 Å². The Balaban J connectivity index is 0.715. The molecule has 5 heteroatoms. The molecule has 1 N–H and O–H groups in total. The minimum absolute atomic E-state index is 0.144. The lowest BCUT2D eigenvalue weighted by Gasteiger charge is -2.35. The molecule has 370 valence electrons. The molecule has 0 saturated heterocycles.